The summed E-state index contributed by atoms with van der Waals surface area (Å²) in [6.07, 6.45) is 7.32. The van der Waals surface area contributed by atoms with E-state index in [1.807, 2.05) is 12.1 Å². The van der Waals surface area contributed by atoms with Crippen molar-refractivity contribution in [3.63, 3.8) is 0 Å². The molecule has 1 aliphatic rings. The van der Waals surface area contributed by atoms with Gasteiger partial charge in [0.15, 0.2) is 0 Å². The van der Waals surface area contributed by atoms with Crippen LogP contribution in [0.1, 0.15) is 16.1 Å². The largest absolute Gasteiger partial charge is 0.390 e. The van der Waals surface area contributed by atoms with E-state index in [-0.39, 0.29) is 17.6 Å². The predicted molar refractivity (Wildman–Crippen MR) is 78.8 cm³/mol. The van der Waals surface area contributed by atoms with Crippen molar-refractivity contribution in [3.05, 3.63) is 54.4 Å². The third-order valence-corrected chi connectivity index (χ3v) is 3.61. The monoisotopic (exact) mass is 299 g/mol. The Labute approximate surface area is 128 Å². The van der Waals surface area contributed by atoms with Crippen molar-refractivity contribution in [1.29, 1.82) is 0 Å². The van der Waals surface area contributed by atoms with Gasteiger partial charge in [0.2, 0.25) is 0 Å². The molecular formula is C15H17N5O2. The standard InChI is InChI=1S/C15H17N5O2/c21-14-10-20(8-11-2-1-3-16-6-11)9-13(14)19-15(22)12-7-17-4-5-18-12/h1-7,13-14,21H,8-10H2,(H,19,22)/t13-,14-/m1/s1. The third-order valence-electron chi connectivity index (χ3n) is 3.61. The number of rotatable bonds is 4. The van der Waals surface area contributed by atoms with E-state index in [1.54, 1.807) is 12.4 Å². The number of aliphatic hydroxyl groups excluding tert-OH is 1. The zero-order chi connectivity index (χ0) is 15.4. The minimum absolute atomic E-state index is 0.250. The Bertz CT molecular complexity index is 622. The van der Waals surface area contributed by atoms with Gasteiger partial charge < -0.3 is 10.4 Å². The number of β-amino-alcohol motifs (C(OH)–C–C–N with tert-alkyl or cyclic N) is 1. The Morgan fingerprint density at radius 2 is 2.14 bits per heavy atom. The summed E-state index contributed by atoms with van der Waals surface area (Å²) in [5.41, 5.74) is 1.33. The fraction of sp³-hybridized carbons (Fsp3) is 0.333. The van der Waals surface area contributed by atoms with E-state index in [2.05, 4.69) is 25.2 Å². The maximum absolute atomic E-state index is 12.1. The predicted octanol–water partition coefficient (Wildman–Crippen LogP) is -0.153. The van der Waals surface area contributed by atoms with Gasteiger partial charge in [0.05, 0.1) is 18.3 Å². The highest BCUT2D eigenvalue weighted by atomic mass is 16.3. The first-order chi connectivity index (χ1) is 10.7. The van der Waals surface area contributed by atoms with E-state index in [9.17, 15) is 9.90 Å². The number of hydrogen-bond donors (Lipinski definition) is 2. The van der Waals surface area contributed by atoms with Gasteiger partial charge in [-0.15, -0.1) is 0 Å². The van der Waals surface area contributed by atoms with E-state index in [1.165, 1.54) is 18.6 Å². The topological polar surface area (TPSA) is 91.2 Å². The average Bonchev–Trinajstić information content (AvgIpc) is 2.88. The van der Waals surface area contributed by atoms with Gasteiger partial charge in [-0.1, -0.05) is 6.07 Å². The Morgan fingerprint density at radius 3 is 2.86 bits per heavy atom. The number of carbonyl (C=O) groups is 1. The van der Waals surface area contributed by atoms with Crippen molar-refractivity contribution in [2.75, 3.05) is 13.1 Å². The Balaban J connectivity index is 1.58. The van der Waals surface area contributed by atoms with Gasteiger partial charge in [0.25, 0.3) is 5.91 Å². The molecule has 0 saturated carbocycles. The van der Waals surface area contributed by atoms with Crippen LogP contribution in [0.25, 0.3) is 0 Å². The summed E-state index contributed by atoms with van der Waals surface area (Å²) in [4.78, 5) is 26.0. The van der Waals surface area contributed by atoms with Crippen LogP contribution >= 0.6 is 0 Å². The van der Waals surface area contributed by atoms with Crippen LogP contribution < -0.4 is 5.32 Å². The molecule has 1 fully saturated rings. The molecule has 114 valence electrons. The molecule has 0 spiro atoms. The third kappa shape index (κ3) is 3.44. The number of amides is 1. The van der Waals surface area contributed by atoms with Gasteiger partial charge >= 0.3 is 0 Å². The molecule has 0 aromatic carbocycles. The van der Waals surface area contributed by atoms with Crippen molar-refractivity contribution in [1.82, 2.24) is 25.2 Å². The molecule has 3 heterocycles. The van der Waals surface area contributed by atoms with Crippen molar-refractivity contribution < 1.29 is 9.90 Å². The van der Waals surface area contributed by atoms with Crippen LogP contribution in [0.3, 0.4) is 0 Å². The first-order valence-corrected chi connectivity index (χ1v) is 7.08. The number of aromatic nitrogens is 3. The van der Waals surface area contributed by atoms with Crippen LogP contribution in [0, 0.1) is 0 Å². The fourth-order valence-corrected chi connectivity index (χ4v) is 2.55. The molecule has 7 nitrogen and oxygen atoms in total. The summed E-state index contributed by atoms with van der Waals surface area (Å²) in [5, 5.41) is 12.9. The molecule has 2 aromatic rings. The summed E-state index contributed by atoms with van der Waals surface area (Å²) >= 11 is 0. The number of pyridine rings is 1. The lowest BCUT2D eigenvalue weighted by Crippen LogP contribution is -2.43. The van der Waals surface area contributed by atoms with E-state index >= 15 is 0 Å². The molecule has 2 aromatic heterocycles. The van der Waals surface area contributed by atoms with E-state index in [0.717, 1.165) is 5.56 Å². The molecule has 3 rings (SSSR count). The number of nitrogens with one attached hydrogen (secondary N) is 1. The lowest BCUT2D eigenvalue weighted by atomic mass is 10.2. The van der Waals surface area contributed by atoms with E-state index < -0.39 is 6.10 Å². The Morgan fingerprint density at radius 1 is 1.27 bits per heavy atom. The second kappa shape index (κ2) is 6.59. The van der Waals surface area contributed by atoms with Crippen LogP contribution in [-0.4, -0.2) is 56.1 Å². The first kappa shape index (κ1) is 14.6. The van der Waals surface area contributed by atoms with Crippen molar-refractivity contribution >= 4 is 5.91 Å². The molecular weight excluding hydrogens is 282 g/mol. The molecule has 0 radical (unpaired) electrons. The maximum atomic E-state index is 12.1. The maximum Gasteiger partial charge on any atom is 0.271 e. The lowest BCUT2D eigenvalue weighted by molar-refractivity contribution is 0.0883. The minimum Gasteiger partial charge on any atom is -0.390 e. The van der Waals surface area contributed by atoms with E-state index in [0.29, 0.717) is 19.6 Å². The molecule has 0 bridgehead atoms. The van der Waals surface area contributed by atoms with Gasteiger partial charge in [0, 0.05) is 44.4 Å². The normalized spacial score (nSPS) is 21.7. The molecule has 0 unspecified atom stereocenters. The van der Waals surface area contributed by atoms with E-state index in [4.69, 9.17) is 0 Å². The van der Waals surface area contributed by atoms with Gasteiger partial charge in [-0.3, -0.25) is 19.7 Å². The van der Waals surface area contributed by atoms with Gasteiger partial charge in [-0.25, -0.2) is 4.98 Å². The number of carbonyl (C=O) groups excluding carboxylic acids is 1. The Kier molecular flexibility index (Phi) is 4.36. The summed E-state index contributed by atoms with van der Waals surface area (Å²) in [6, 6.07) is 3.56. The fourth-order valence-electron chi connectivity index (χ4n) is 2.55. The van der Waals surface area contributed by atoms with Crippen LogP contribution in [0.5, 0.6) is 0 Å². The summed E-state index contributed by atoms with van der Waals surface area (Å²) < 4.78 is 0. The number of aliphatic hydroxyl groups is 1. The van der Waals surface area contributed by atoms with Gasteiger partial charge in [0.1, 0.15) is 5.69 Å². The van der Waals surface area contributed by atoms with Crippen molar-refractivity contribution in [2.45, 2.75) is 18.7 Å². The molecule has 1 amide bonds. The summed E-state index contributed by atoms with van der Waals surface area (Å²) in [6.45, 7) is 1.80. The number of hydrogen-bond acceptors (Lipinski definition) is 6. The van der Waals surface area contributed by atoms with Crippen LogP contribution in [0.2, 0.25) is 0 Å². The second-order valence-corrected chi connectivity index (χ2v) is 5.29. The average molecular weight is 299 g/mol. The SMILES string of the molecule is O=C(N[C@@H]1CN(Cc2cccnc2)C[C@H]1O)c1cnccn1. The van der Waals surface area contributed by atoms with Crippen molar-refractivity contribution in [3.8, 4) is 0 Å². The lowest BCUT2D eigenvalue weighted by Gasteiger charge is -2.16. The molecule has 7 heteroatoms. The van der Waals surface area contributed by atoms with Crippen LogP contribution in [0.4, 0.5) is 0 Å². The van der Waals surface area contributed by atoms with Gasteiger partial charge in [-0.05, 0) is 11.6 Å². The molecule has 2 atom stereocenters. The zero-order valence-electron chi connectivity index (χ0n) is 12.0. The summed E-state index contributed by atoms with van der Waals surface area (Å²) in [7, 11) is 0. The summed E-state index contributed by atoms with van der Waals surface area (Å²) in [5.74, 6) is -0.319. The van der Waals surface area contributed by atoms with Crippen molar-refractivity contribution in [2.24, 2.45) is 0 Å². The molecule has 22 heavy (non-hydrogen) atoms. The molecule has 1 aliphatic heterocycles. The van der Waals surface area contributed by atoms with Gasteiger partial charge in [-0.2, -0.15) is 0 Å². The van der Waals surface area contributed by atoms with Crippen LogP contribution in [0.15, 0.2) is 43.1 Å². The molecule has 0 aliphatic carbocycles. The minimum atomic E-state index is -0.600. The molecule has 1 saturated heterocycles. The highest BCUT2D eigenvalue weighted by Gasteiger charge is 2.32. The zero-order valence-corrected chi connectivity index (χ0v) is 12.0. The number of nitrogens with zero attached hydrogens (tertiary/aromatic N) is 4. The Hall–Kier alpha value is -2.38. The highest BCUT2D eigenvalue weighted by molar-refractivity contribution is 5.92. The van der Waals surface area contributed by atoms with Crippen LogP contribution in [-0.2, 0) is 6.54 Å². The highest BCUT2D eigenvalue weighted by Crippen LogP contribution is 2.14. The smallest absolute Gasteiger partial charge is 0.271 e. The molecule has 2 N–H and O–H groups in total. The number of likely N-dealkylation sites (tertiary alicyclic amines) is 1. The first-order valence-electron chi connectivity index (χ1n) is 7.08. The second-order valence-electron chi connectivity index (χ2n) is 5.29. The quantitative estimate of drug-likeness (QED) is 0.815.